The Balaban J connectivity index is 1.43. The summed E-state index contributed by atoms with van der Waals surface area (Å²) in [6, 6.07) is 1.85. The smallest absolute Gasteiger partial charge is 0.266 e. The number of aromatic nitrogens is 4. The van der Waals surface area contributed by atoms with Gasteiger partial charge < -0.3 is 14.2 Å². The van der Waals surface area contributed by atoms with Gasteiger partial charge in [-0.2, -0.15) is 4.31 Å². The number of alkyl halides is 1. The minimum absolute atomic E-state index is 0.00462. The van der Waals surface area contributed by atoms with Gasteiger partial charge in [-0.3, -0.25) is 4.98 Å². The van der Waals surface area contributed by atoms with Crippen molar-refractivity contribution in [1.82, 2.24) is 23.8 Å². The number of aryl methyl sites for hydroxylation is 1. The van der Waals surface area contributed by atoms with Crippen molar-refractivity contribution < 1.29 is 26.3 Å². The van der Waals surface area contributed by atoms with Crippen LogP contribution in [0.2, 0.25) is 5.15 Å². The Morgan fingerprint density at radius 1 is 1.18 bits per heavy atom. The van der Waals surface area contributed by atoms with Gasteiger partial charge in [0.15, 0.2) is 23.5 Å². The zero-order valence-corrected chi connectivity index (χ0v) is 18.8. The van der Waals surface area contributed by atoms with Crippen molar-refractivity contribution in [3.8, 4) is 0 Å². The molecule has 5 rings (SSSR count). The molecule has 33 heavy (non-hydrogen) atoms. The molecule has 3 aromatic rings. The molecule has 14 heteroatoms. The molecule has 9 nitrogen and oxygen atoms in total. The molecule has 0 bridgehead atoms. The first-order chi connectivity index (χ1) is 15.6. The first-order valence-corrected chi connectivity index (χ1v) is 11.8. The predicted octanol–water partition coefficient (Wildman–Crippen LogP) is 2.26. The SMILES string of the molecule is Cn1cnc(S(=O)(=O)N2CCO[C@]23CCN(c2cnc4cc(F)c(F)cc4n2)C[C@@H]3F)c1Cl. The summed E-state index contributed by atoms with van der Waals surface area (Å²) in [6.45, 7) is -0.0842. The van der Waals surface area contributed by atoms with Gasteiger partial charge >= 0.3 is 0 Å². The lowest BCUT2D eigenvalue weighted by atomic mass is 9.98. The maximum atomic E-state index is 15.6. The van der Waals surface area contributed by atoms with E-state index in [1.807, 2.05) is 0 Å². The number of benzene rings is 1. The third-order valence-corrected chi connectivity index (χ3v) is 8.36. The summed E-state index contributed by atoms with van der Waals surface area (Å²) in [5, 5.41) is -0.444. The second kappa shape index (κ2) is 7.79. The van der Waals surface area contributed by atoms with E-state index >= 15 is 4.39 Å². The summed E-state index contributed by atoms with van der Waals surface area (Å²) in [5.41, 5.74) is -1.44. The monoisotopic (exact) mass is 502 g/mol. The molecule has 2 saturated heterocycles. The molecule has 2 aromatic heterocycles. The number of halogens is 4. The van der Waals surface area contributed by atoms with Crippen LogP contribution in [0, 0.1) is 11.6 Å². The van der Waals surface area contributed by atoms with Gasteiger partial charge in [0.2, 0.25) is 5.03 Å². The fourth-order valence-electron chi connectivity index (χ4n) is 4.24. The molecule has 0 N–H and O–H groups in total. The van der Waals surface area contributed by atoms with Crippen molar-refractivity contribution in [1.29, 1.82) is 0 Å². The number of sulfonamides is 1. The number of nitrogens with zero attached hydrogens (tertiary/aromatic N) is 6. The third-order valence-electron chi connectivity index (χ3n) is 5.94. The molecule has 0 saturated carbocycles. The highest BCUT2D eigenvalue weighted by molar-refractivity contribution is 7.89. The van der Waals surface area contributed by atoms with E-state index in [4.69, 9.17) is 16.3 Å². The second-order valence-electron chi connectivity index (χ2n) is 7.87. The molecular weight excluding hydrogens is 485 g/mol. The first kappa shape index (κ1) is 22.3. The Bertz CT molecular complexity index is 1360. The lowest BCUT2D eigenvalue weighted by molar-refractivity contribution is -0.116. The number of ether oxygens (including phenoxy) is 1. The maximum absolute atomic E-state index is 15.6. The average molecular weight is 503 g/mol. The molecule has 2 aliphatic heterocycles. The maximum Gasteiger partial charge on any atom is 0.266 e. The average Bonchev–Trinajstić information content (AvgIpc) is 3.36. The number of rotatable bonds is 3. The highest BCUT2D eigenvalue weighted by Gasteiger charge is 2.57. The van der Waals surface area contributed by atoms with E-state index in [9.17, 15) is 17.2 Å². The van der Waals surface area contributed by atoms with Gasteiger partial charge in [0.25, 0.3) is 10.0 Å². The van der Waals surface area contributed by atoms with Gasteiger partial charge in [0.1, 0.15) is 11.0 Å². The Labute approximate surface area is 191 Å². The number of piperidine rings is 1. The van der Waals surface area contributed by atoms with E-state index in [0.29, 0.717) is 0 Å². The topological polar surface area (TPSA) is 93.5 Å². The van der Waals surface area contributed by atoms with Gasteiger partial charge in [-0.1, -0.05) is 11.6 Å². The van der Waals surface area contributed by atoms with Crippen molar-refractivity contribution in [2.75, 3.05) is 31.1 Å². The van der Waals surface area contributed by atoms with E-state index in [1.54, 1.807) is 11.9 Å². The van der Waals surface area contributed by atoms with E-state index in [0.717, 1.165) is 16.4 Å². The zero-order valence-electron chi connectivity index (χ0n) is 17.3. The fourth-order valence-corrected chi connectivity index (χ4v) is 6.35. The number of hydrogen-bond acceptors (Lipinski definition) is 7. The van der Waals surface area contributed by atoms with Crippen LogP contribution in [0.4, 0.5) is 19.0 Å². The molecule has 0 unspecified atom stereocenters. The van der Waals surface area contributed by atoms with Crippen LogP contribution in [0.15, 0.2) is 29.7 Å². The Morgan fingerprint density at radius 3 is 2.58 bits per heavy atom. The molecule has 2 fully saturated rings. The number of hydrogen-bond donors (Lipinski definition) is 0. The van der Waals surface area contributed by atoms with Crippen LogP contribution in [0.1, 0.15) is 6.42 Å². The van der Waals surface area contributed by atoms with Crippen LogP contribution in [0.5, 0.6) is 0 Å². The predicted molar refractivity (Wildman–Crippen MR) is 112 cm³/mol. The molecule has 176 valence electrons. The molecule has 1 aromatic carbocycles. The van der Waals surface area contributed by atoms with Crippen LogP contribution in [0.25, 0.3) is 11.0 Å². The van der Waals surface area contributed by atoms with Crippen molar-refractivity contribution >= 4 is 38.5 Å². The number of imidazole rings is 1. The summed E-state index contributed by atoms with van der Waals surface area (Å²) in [4.78, 5) is 13.8. The molecule has 2 aliphatic rings. The van der Waals surface area contributed by atoms with Gasteiger partial charge in [-0.05, 0) is 0 Å². The Morgan fingerprint density at radius 2 is 1.91 bits per heavy atom. The lowest BCUT2D eigenvalue weighted by Gasteiger charge is -2.45. The Kier molecular flexibility index (Phi) is 5.27. The third kappa shape index (κ3) is 3.45. The minimum Gasteiger partial charge on any atom is -0.355 e. The summed E-state index contributed by atoms with van der Waals surface area (Å²) in [7, 11) is -2.68. The molecule has 0 radical (unpaired) electrons. The summed E-state index contributed by atoms with van der Waals surface area (Å²) >= 11 is 6.09. The zero-order chi connectivity index (χ0) is 23.5. The lowest BCUT2D eigenvalue weighted by Crippen LogP contribution is -2.62. The second-order valence-corrected chi connectivity index (χ2v) is 10.0. The van der Waals surface area contributed by atoms with Crippen molar-refractivity contribution in [2.45, 2.75) is 23.3 Å². The fraction of sp³-hybridized carbons (Fsp3) is 0.421. The molecular formula is C19H18ClF3N6O3S. The van der Waals surface area contributed by atoms with Gasteiger partial charge in [0, 0.05) is 38.7 Å². The number of fused-ring (bicyclic) bond motifs is 1. The van der Waals surface area contributed by atoms with Gasteiger partial charge in [-0.15, -0.1) is 0 Å². The highest BCUT2D eigenvalue weighted by Crippen LogP contribution is 2.41. The van der Waals surface area contributed by atoms with Crippen molar-refractivity contribution in [3.05, 3.63) is 41.4 Å². The van der Waals surface area contributed by atoms with E-state index in [1.165, 1.54) is 17.1 Å². The highest BCUT2D eigenvalue weighted by atomic mass is 35.5. The molecule has 0 aliphatic carbocycles. The normalized spacial score (nSPS) is 24.3. The van der Waals surface area contributed by atoms with E-state index in [2.05, 4.69) is 15.0 Å². The minimum atomic E-state index is -4.23. The Hall–Kier alpha value is -2.48. The van der Waals surface area contributed by atoms with Crippen molar-refractivity contribution in [2.24, 2.45) is 7.05 Å². The summed E-state index contributed by atoms with van der Waals surface area (Å²) < 4.78 is 77.2. The van der Waals surface area contributed by atoms with Crippen LogP contribution >= 0.6 is 11.6 Å². The van der Waals surface area contributed by atoms with Gasteiger partial charge in [0.05, 0.1) is 36.7 Å². The van der Waals surface area contributed by atoms with Crippen molar-refractivity contribution in [3.63, 3.8) is 0 Å². The van der Waals surface area contributed by atoms with Crippen LogP contribution < -0.4 is 4.90 Å². The largest absolute Gasteiger partial charge is 0.355 e. The molecule has 2 atom stereocenters. The van der Waals surface area contributed by atoms with Crippen LogP contribution in [0.3, 0.4) is 0 Å². The standard InChI is InChI=1S/C19H18ClF3N6O3S/c1-27-10-25-18(17(27)20)33(30,31)29-4-5-32-19(29)2-3-28(9-15(19)23)16-8-24-13-6-11(21)12(22)7-14(13)26-16/h6-8,10,15H,2-5,9H2,1H3/t15-,19-/m0/s1. The number of anilines is 1. The van der Waals surface area contributed by atoms with Crippen LogP contribution in [-0.2, 0) is 21.8 Å². The molecule has 4 heterocycles. The van der Waals surface area contributed by atoms with Gasteiger partial charge in [-0.25, -0.2) is 31.6 Å². The van der Waals surface area contributed by atoms with Crippen LogP contribution in [-0.4, -0.2) is 70.4 Å². The quantitative estimate of drug-likeness (QED) is 0.542. The summed E-state index contributed by atoms with van der Waals surface area (Å²) in [6.07, 6.45) is 0.854. The first-order valence-electron chi connectivity index (χ1n) is 9.98. The summed E-state index contributed by atoms with van der Waals surface area (Å²) in [5.74, 6) is -1.85. The molecule has 1 spiro atoms. The molecule has 0 amide bonds. The van der Waals surface area contributed by atoms with E-state index in [-0.39, 0.29) is 59.7 Å². The van der Waals surface area contributed by atoms with E-state index < -0.39 is 33.6 Å².